The quantitative estimate of drug-likeness (QED) is 0.0989. The highest BCUT2D eigenvalue weighted by Crippen LogP contribution is 2.34. The Bertz CT molecular complexity index is 3470. The molecule has 0 spiro atoms. The van der Waals surface area contributed by atoms with Crippen molar-refractivity contribution in [3.8, 4) is 22.8 Å². The summed E-state index contributed by atoms with van der Waals surface area (Å²) >= 11 is 0. The number of nitrogens with one attached hydrogen (secondary N) is 1. The first-order valence-corrected chi connectivity index (χ1v) is 25.3. The van der Waals surface area contributed by atoms with Crippen LogP contribution in [-0.2, 0) is 21.8 Å². The highest BCUT2D eigenvalue weighted by molar-refractivity contribution is 6.04. The van der Waals surface area contributed by atoms with Crippen LogP contribution in [0.2, 0.25) is 0 Å². The van der Waals surface area contributed by atoms with Crippen LogP contribution in [0.15, 0.2) is 94.5 Å². The van der Waals surface area contributed by atoms with Gasteiger partial charge in [-0.25, -0.2) is 24.4 Å². The molecule has 2 aliphatic heterocycles. The van der Waals surface area contributed by atoms with Crippen molar-refractivity contribution in [2.75, 3.05) is 51.4 Å². The van der Waals surface area contributed by atoms with Crippen LogP contribution in [0.1, 0.15) is 66.8 Å². The number of carbonyl (C=O) groups is 4. The van der Waals surface area contributed by atoms with E-state index in [-0.39, 0.29) is 40.6 Å². The summed E-state index contributed by atoms with van der Waals surface area (Å²) in [6.07, 6.45) is -6.05. The number of carboxylic acids is 1. The van der Waals surface area contributed by atoms with Crippen LogP contribution in [0.25, 0.3) is 34.1 Å². The number of halogens is 58. The molecule has 8 heterocycles. The minimum absolute atomic E-state index is 0.0529. The molecule has 744 valence electrons. The number of hydrogen-bond donors (Lipinski definition) is 3. The van der Waals surface area contributed by atoms with Gasteiger partial charge in [-0.3, -0.25) is 13.6 Å². The Labute approximate surface area is 646 Å². The van der Waals surface area contributed by atoms with Gasteiger partial charge in [-0.2, -0.15) is 36.3 Å². The monoisotopic (exact) mass is 2010 g/mol. The predicted molar refractivity (Wildman–Crippen MR) is 300 cm³/mol. The van der Waals surface area contributed by atoms with Gasteiger partial charge in [0.1, 0.15) is 17.0 Å². The predicted octanol–water partition coefficient (Wildman–Crippen LogP) is 29.8. The summed E-state index contributed by atoms with van der Waals surface area (Å²) in [4.78, 5) is 66.0. The van der Waals surface area contributed by atoms with E-state index in [0.29, 0.717) is 78.3 Å². The molecule has 2 aromatic carbocycles. The number of hydrogen-bond acceptors (Lipinski definition) is 15. The summed E-state index contributed by atoms with van der Waals surface area (Å²) in [6.45, 7) is 5.58. The van der Waals surface area contributed by atoms with Crippen molar-refractivity contribution in [3.05, 3.63) is 131 Å². The highest BCUT2D eigenvalue weighted by atomic mass is 20.0. The molecule has 2 fully saturated rings. The molecule has 4 N–H and O–H groups in total. The Kier molecular flexibility index (Phi) is 153. The zero-order chi connectivity index (χ0) is 105. The molecule has 6 aromatic heterocycles. The second kappa shape index (κ2) is 120. The number of ether oxygens (including phenoxy) is 2. The summed E-state index contributed by atoms with van der Waals surface area (Å²) in [5.41, 5.74) is 8.30. The molecule has 0 unspecified atom stereocenters. The summed E-state index contributed by atoms with van der Waals surface area (Å²) in [5, 5.41) is 19.4. The largest absolute Gasteiger partial charge is 0.477 e. The van der Waals surface area contributed by atoms with E-state index in [1.165, 1.54) is 31.4 Å². The summed E-state index contributed by atoms with van der Waals surface area (Å²) < 4.78 is 514. The standard InChI is InChI=1S/C23H19F3N6O4.C14H16N4O3.C9H5F3N2O2.26F2/c1-12-3-4-13(19-29-21(36-30-19)14-9-31(10-14)22(34)35-2)7-16(12)28-20(33)17-8-27-18-6-5-15(11-32(17)18)23(24,25)26;1-8-3-4-9(5-11(8)15)12-16-13(21-17-12)10-6-18(7-10)14(19)20-2;10-9(11,12)5-1-2-7-13-3-6(8(15)16)14(7)4-5;26*1-2/h3-8,11,14H,9-10H2,1-2H3,(H,28,33);3-5,10H,6-7,15H2,1-2H3;1-4H,(H,15,16);;;;;;;;;;;;;;;;;;;;;;;;;;. The van der Waals surface area contributed by atoms with Crippen LogP contribution in [0.4, 0.5) is 285 Å². The Hall–Kier alpha value is -12.7. The fourth-order valence-corrected chi connectivity index (χ4v) is 7.35. The molecule has 79 heteroatoms. The average Bonchev–Trinajstić information content (AvgIpc) is 1.67. The number of alkyl halides is 6. The van der Waals surface area contributed by atoms with Gasteiger partial charge in [0, 0.05) is 299 Å². The van der Waals surface area contributed by atoms with Crippen molar-refractivity contribution < 1.29 is 307 Å². The number of aryl methyl sites for hydroxylation is 2. The minimum Gasteiger partial charge on any atom is -0.477 e. The Morgan fingerprint density at radius 3 is 0.928 bits per heavy atom. The fourth-order valence-electron chi connectivity index (χ4n) is 7.35. The number of aromatic carboxylic acids is 1. The average molecular weight is 2010 g/mol. The summed E-state index contributed by atoms with van der Waals surface area (Å²) in [6, 6.07) is 14.9. The van der Waals surface area contributed by atoms with E-state index in [2.05, 4.69) is 45.0 Å². The van der Waals surface area contributed by atoms with Crippen LogP contribution in [-0.4, -0.2) is 118 Å². The van der Waals surface area contributed by atoms with Crippen LogP contribution in [0.5, 0.6) is 0 Å². The summed E-state index contributed by atoms with van der Waals surface area (Å²) in [5.74, 6) is -0.290. The number of imidazole rings is 2. The van der Waals surface area contributed by atoms with E-state index in [9.17, 15) is 45.5 Å². The lowest BCUT2D eigenvalue weighted by atomic mass is 10.0. The molecular weight excluding hydrogens is 1970 g/mol. The molecule has 0 saturated carbocycles. The lowest BCUT2D eigenvalue weighted by Crippen LogP contribution is -2.48. The maximum absolute atomic E-state index is 13.1. The number of benzene rings is 2. The highest BCUT2D eigenvalue weighted by Gasteiger charge is 2.38. The van der Waals surface area contributed by atoms with Gasteiger partial charge >= 0.3 is 30.5 Å². The number of likely N-dealkylation sites (tertiary alicyclic amines) is 2. The number of rotatable bonds is 7. The van der Waals surface area contributed by atoms with E-state index < -0.39 is 41.4 Å². The van der Waals surface area contributed by atoms with Gasteiger partial charge in [-0.1, -0.05) is 34.6 Å². The Morgan fingerprint density at radius 1 is 0.400 bits per heavy atom. The molecule has 0 bridgehead atoms. The number of anilines is 2. The molecule has 125 heavy (non-hydrogen) atoms. The van der Waals surface area contributed by atoms with Gasteiger partial charge in [0.15, 0.2) is 5.69 Å². The van der Waals surface area contributed by atoms with Crippen molar-refractivity contribution in [1.82, 2.24) is 48.9 Å². The number of methoxy groups -OCH3 is 2. The van der Waals surface area contributed by atoms with Crippen molar-refractivity contribution in [1.29, 1.82) is 0 Å². The van der Waals surface area contributed by atoms with Crippen molar-refractivity contribution in [2.24, 2.45) is 0 Å². The third-order valence-corrected chi connectivity index (χ3v) is 11.6. The molecule has 2 aliphatic rings. The first-order chi connectivity index (χ1) is 60.6. The number of carboxylic acid groups (broad SMARTS) is 1. The molecule has 3 amide bonds. The smallest absolute Gasteiger partial charge is 0.417 e. The van der Waals surface area contributed by atoms with E-state index in [1.54, 1.807) is 30.0 Å². The molecule has 0 radical (unpaired) electrons. The fraction of sp³-hybridized carbons (Fsp3) is 0.261. The van der Waals surface area contributed by atoms with Gasteiger partial charge in [-0.05, 0) is 61.4 Å². The van der Waals surface area contributed by atoms with Gasteiger partial charge in [-0.15, -0.1) is 0 Å². The van der Waals surface area contributed by atoms with Crippen LogP contribution >= 0.6 is 0 Å². The van der Waals surface area contributed by atoms with Gasteiger partial charge < -0.3 is 44.5 Å². The number of carbonyl (C=O) groups excluding carboxylic acids is 3. The van der Waals surface area contributed by atoms with Crippen LogP contribution in [0.3, 0.4) is 0 Å². The van der Waals surface area contributed by atoms with E-state index in [4.69, 9.17) is 258 Å². The van der Waals surface area contributed by atoms with Crippen LogP contribution < -0.4 is 11.1 Å². The molecule has 8 aromatic rings. The number of nitrogens with zero attached hydrogens (tertiary/aromatic N) is 10. The van der Waals surface area contributed by atoms with Crippen molar-refractivity contribution in [2.45, 2.75) is 38.0 Å². The van der Waals surface area contributed by atoms with Gasteiger partial charge in [0.05, 0.1) is 49.6 Å². The zero-order valence-electron chi connectivity index (χ0n) is 58.3. The van der Waals surface area contributed by atoms with E-state index in [1.807, 2.05) is 25.1 Å². The molecule has 21 nitrogen and oxygen atoms in total. The lowest BCUT2D eigenvalue weighted by molar-refractivity contribution is -0.138. The number of pyridine rings is 2. The molecule has 0 aliphatic carbocycles. The number of nitrogen functional groups attached to an aromatic ring is 1. The zero-order valence-corrected chi connectivity index (χ0v) is 58.3. The minimum atomic E-state index is -4.56. The first-order valence-electron chi connectivity index (χ1n) is 25.3. The second-order valence-electron chi connectivity index (χ2n) is 16.5. The Morgan fingerprint density at radius 2 is 0.664 bits per heavy atom. The number of aromatic nitrogens is 8. The first kappa shape index (κ1) is 160. The topological polar surface area (TPSA) is 264 Å². The number of fused-ring (bicyclic) bond motifs is 2. The summed E-state index contributed by atoms with van der Waals surface area (Å²) in [7, 11) is 2.67. The maximum Gasteiger partial charge on any atom is 0.417 e. The Balaban J connectivity index is -0.0000000647. The molecular formula is C46H40F58N12O9. The second-order valence-corrected chi connectivity index (χ2v) is 16.5. The molecule has 10 rings (SSSR count). The van der Waals surface area contributed by atoms with Gasteiger partial charge in [0.25, 0.3) is 5.91 Å². The number of nitrogens with two attached hydrogens (primary N) is 1. The molecule has 2 saturated heterocycles. The van der Waals surface area contributed by atoms with Crippen molar-refractivity contribution >= 4 is 46.7 Å². The van der Waals surface area contributed by atoms with Crippen molar-refractivity contribution in [3.63, 3.8) is 0 Å². The SMILES string of the molecule is COC(=O)N1CC(c2nc(-c3ccc(C)c(N)c3)no2)C1.COC(=O)N1CC(c2nc(-c3ccc(C)c(NC(=O)c4cnc5ccc(C(F)(F)F)cn45)c3)no2)C1.FF.FF.FF.FF.FF.FF.FF.FF.FF.FF.FF.FF.FF.FF.FF.FF.FF.FF.FF.FF.FF.FF.FF.FF.FF.FF.O=C(O)c1cnc2ccc(C(F)(F)F)cn12. The third-order valence-electron chi connectivity index (χ3n) is 11.6. The van der Waals surface area contributed by atoms with Crippen LogP contribution in [0, 0.1) is 13.8 Å². The molecule has 0 atom stereocenters. The van der Waals surface area contributed by atoms with Gasteiger partial charge in [0.2, 0.25) is 23.4 Å². The van der Waals surface area contributed by atoms with E-state index in [0.717, 1.165) is 50.5 Å². The lowest BCUT2D eigenvalue weighted by Gasteiger charge is -2.35. The normalized spacial score (nSPS) is 9.33. The third kappa shape index (κ3) is 64.8. The number of amides is 3. The maximum atomic E-state index is 13.1. The van der Waals surface area contributed by atoms with E-state index >= 15 is 0 Å².